The SMILES string of the molecule is NC(=O)c1ccccc1-c1cccc(NC(=O)CCC(=O)NCC2OC(n3cnc4c(N)ncnc43)C(O)C2O)c1. The van der Waals surface area contributed by atoms with Crippen LogP contribution in [0, 0.1) is 0 Å². The highest BCUT2D eigenvalue weighted by Crippen LogP contribution is 2.32. The number of ether oxygens (including phenoxy) is 1. The van der Waals surface area contributed by atoms with Crippen molar-refractivity contribution < 1.29 is 29.3 Å². The maximum atomic E-state index is 12.5. The van der Waals surface area contributed by atoms with Crippen LogP contribution in [0.15, 0.2) is 61.2 Å². The predicted octanol–water partition coefficient (Wildman–Crippen LogP) is 0.329. The summed E-state index contributed by atoms with van der Waals surface area (Å²) < 4.78 is 7.24. The highest BCUT2D eigenvalue weighted by Gasteiger charge is 2.44. The third-order valence-electron chi connectivity index (χ3n) is 6.73. The van der Waals surface area contributed by atoms with Gasteiger partial charge in [0.15, 0.2) is 17.7 Å². The number of hydrogen-bond acceptors (Lipinski definition) is 10. The lowest BCUT2D eigenvalue weighted by Crippen LogP contribution is -2.40. The van der Waals surface area contributed by atoms with Crippen molar-refractivity contribution in [3.63, 3.8) is 0 Å². The van der Waals surface area contributed by atoms with Crippen LogP contribution in [0.5, 0.6) is 0 Å². The molecule has 5 rings (SSSR count). The van der Waals surface area contributed by atoms with Gasteiger partial charge in [-0.25, -0.2) is 15.0 Å². The average Bonchev–Trinajstić information content (AvgIpc) is 3.52. The summed E-state index contributed by atoms with van der Waals surface area (Å²) >= 11 is 0. The van der Waals surface area contributed by atoms with Crippen molar-refractivity contribution in [1.29, 1.82) is 0 Å². The van der Waals surface area contributed by atoms with Gasteiger partial charge in [-0.2, -0.15) is 0 Å². The molecule has 1 saturated heterocycles. The number of amides is 3. The first-order valence-electron chi connectivity index (χ1n) is 12.7. The van der Waals surface area contributed by atoms with Crippen LogP contribution in [0.25, 0.3) is 22.3 Å². The standard InChI is InChI=1S/C27H28N8O6/c28-24-21-26(32-12-31-24)35(13-33-21)27-23(39)22(38)18(41-27)11-30-19(36)8-9-20(37)34-15-5-3-4-14(10-15)16-6-1-2-7-17(16)25(29)40/h1-7,10,12-13,18,22-23,27,38-39H,8-9,11H2,(H2,29,40)(H,30,36)(H,34,37)(H2,28,31,32). The van der Waals surface area contributed by atoms with Crippen LogP contribution >= 0.6 is 0 Å². The van der Waals surface area contributed by atoms with Crippen LogP contribution in [-0.2, 0) is 14.3 Å². The Bertz CT molecular complexity index is 1610. The maximum absolute atomic E-state index is 12.5. The van der Waals surface area contributed by atoms with Gasteiger partial charge in [-0.15, -0.1) is 0 Å². The molecular formula is C27H28N8O6. The number of anilines is 2. The molecule has 3 amide bonds. The number of aromatic nitrogens is 4. The van der Waals surface area contributed by atoms with Crippen LogP contribution in [0.1, 0.15) is 29.4 Å². The molecule has 4 unspecified atom stereocenters. The summed E-state index contributed by atoms with van der Waals surface area (Å²) in [7, 11) is 0. The lowest BCUT2D eigenvalue weighted by atomic mass is 9.99. The molecule has 3 heterocycles. The van der Waals surface area contributed by atoms with Crippen molar-refractivity contribution in [2.45, 2.75) is 37.4 Å². The van der Waals surface area contributed by atoms with Crippen LogP contribution in [0.4, 0.5) is 11.5 Å². The zero-order valence-corrected chi connectivity index (χ0v) is 21.7. The van der Waals surface area contributed by atoms with E-state index >= 15 is 0 Å². The molecule has 2 aromatic heterocycles. The summed E-state index contributed by atoms with van der Waals surface area (Å²) in [5.74, 6) is -1.22. The fraction of sp³-hybridized carbons (Fsp3) is 0.259. The molecule has 0 saturated carbocycles. The third kappa shape index (κ3) is 5.84. The third-order valence-corrected chi connectivity index (χ3v) is 6.73. The second-order valence-electron chi connectivity index (χ2n) is 9.47. The van der Waals surface area contributed by atoms with Crippen LogP contribution in [0.3, 0.4) is 0 Å². The number of nitrogens with one attached hydrogen (secondary N) is 2. The molecule has 0 bridgehead atoms. The van der Waals surface area contributed by atoms with Gasteiger partial charge in [0, 0.05) is 30.6 Å². The molecule has 41 heavy (non-hydrogen) atoms. The van der Waals surface area contributed by atoms with E-state index in [2.05, 4.69) is 25.6 Å². The van der Waals surface area contributed by atoms with E-state index in [-0.39, 0.29) is 31.1 Å². The summed E-state index contributed by atoms with van der Waals surface area (Å²) in [4.78, 5) is 48.8. The normalized spacial score (nSPS) is 20.1. The molecule has 4 aromatic rings. The summed E-state index contributed by atoms with van der Waals surface area (Å²) in [5, 5.41) is 26.4. The van der Waals surface area contributed by atoms with Gasteiger partial charge in [0.1, 0.15) is 30.2 Å². The minimum Gasteiger partial charge on any atom is -0.387 e. The molecule has 1 fully saturated rings. The number of imidazole rings is 1. The Morgan fingerprint density at radius 3 is 2.56 bits per heavy atom. The fourth-order valence-corrected chi connectivity index (χ4v) is 4.65. The van der Waals surface area contributed by atoms with E-state index < -0.39 is 36.4 Å². The van der Waals surface area contributed by atoms with Crippen molar-refractivity contribution in [3.8, 4) is 11.1 Å². The number of rotatable bonds is 9. The number of fused-ring (bicyclic) bond motifs is 1. The van der Waals surface area contributed by atoms with E-state index in [0.29, 0.717) is 33.5 Å². The smallest absolute Gasteiger partial charge is 0.249 e. The number of benzene rings is 2. The molecule has 0 radical (unpaired) electrons. The van der Waals surface area contributed by atoms with Gasteiger partial charge in [0.25, 0.3) is 0 Å². The molecule has 1 aliphatic rings. The lowest BCUT2D eigenvalue weighted by Gasteiger charge is -2.16. The molecule has 212 valence electrons. The van der Waals surface area contributed by atoms with E-state index in [0.717, 1.165) is 0 Å². The number of nitrogens with zero attached hydrogens (tertiary/aromatic N) is 4. The van der Waals surface area contributed by atoms with Crippen LogP contribution in [-0.4, -0.2) is 72.3 Å². The topological polar surface area (TPSA) is 221 Å². The van der Waals surface area contributed by atoms with Gasteiger partial charge in [-0.1, -0.05) is 30.3 Å². The number of aliphatic hydroxyl groups excluding tert-OH is 2. The van der Waals surface area contributed by atoms with E-state index in [1.54, 1.807) is 48.5 Å². The first-order valence-corrected chi connectivity index (χ1v) is 12.7. The monoisotopic (exact) mass is 560 g/mol. The Kier molecular flexibility index (Phi) is 7.87. The second kappa shape index (κ2) is 11.7. The Hall–Kier alpha value is -4.92. The maximum Gasteiger partial charge on any atom is 0.249 e. The van der Waals surface area contributed by atoms with Crippen molar-refractivity contribution >= 4 is 40.4 Å². The van der Waals surface area contributed by atoms with Crippen LogP contribution < -0.4 is 22.1 Å². The van der Waals surface area contributed by atoms with Gasteiger partial charge in [0.2, 0.25) is 17.7 Å². The van der Waals surface area contributed by atoms with Gasteiger partial charge in [0.05, 0.1) is 6.33 Å². The average molecular weight is 561 g/mol. The highest BCUT2D eigenvalue weighted by atomic mass is 16.6. The quantitative estimate of drug-likeness (QED) is 0.165. The lowest BCUT2D eigenvalue weighted by molar-refractivity contribution is -0.125. The van der Waals surface area contributed by atoms with Gasteiger partial charge in [-0.05, 0) is 29.3 Å². The molecular weight excluding hydrogens is 532 g/mol. The number of primary amides is 1. The van der Waals surface area contributed by atoms with Gasteiger partial charge in [-0.3, -0.25) is 19.0 Å². The molecule has 8 N–H and O–H groups in total. The van der Waals surface area contributed by atoms with Crippen molar-refractivity contribution in [3.05, 3.63) is 66.7 Å². The summed E-state index contributed by atoms with van der Waals surface area (Å²) in [5.41, 5.74) is 14.1. The molecule has 0 aliphatic carbocycles. The zero-order valence-electron chi connectivity index (χ0n) is 21.7. The van der Waals surface area contributed by atoms with Crippen LogP contribution in [0.2, 0.25) is 0 Å². The van der Waals surface area contributed by atoms with E-state index in [9.17, 15) is 24.6 Å². The Morgan fingerprint density at radius 1 is 0.976 bits per heavy atom. The first-order chi connectivity index (χ1) is 19.7. The largest absolute Gasteiger partial charge is 0.387 e. The molecule has 0 spiro atoms. The number of aliphatic hydroxyl groups is 2. The Balaban J connectivity index is 1.13. The number of carbonyl (C=O) groups is 3. The zero-order chi connectivity index (χ0) is 29.1. The predicted molar refractivity (Wildman–Crippen MR) is 147 cm³/mol. The minimum absolute atomic E-state index is 0.0970. The summed E-state index contributed by atoms with van der Waals surface area (Å²) in [6, 6.07) is 13.8. The number of nitrogens with two attached hydrogens (primary N) is 2. The summed E-state index contributed by atoms with van der Waals surface area (Å²) in [6.07, 6.45) is -2.14. The van der Waals surface area contributed by atoms with E-state index in [1.165, 1.54) is 17.2 Å². The van der Waals surface area contributed by atoms with E-state index in [4.69, 9.17) is 16.2 Å². The fourth-order valence-electron chi connectivity index (χ4n) is 4.65. The number of hydrogen-bond donors (Lipinski definition) is 6. The van der Waals surface area contributed by atoms with Gasteiger partial charge < -0.3 is 37.1 Å². The van der Waals surface area contributed by atoms with Gasteiger partial charge >= 0.3 is 0 Å². The Morgan fingerprint density at radius 2 is 1.76 bits per heavy atom. The second-order valence-corrected chi connectivity index (χ2v) is 9.47. The van der Waals surface area contributed by atoms with Crippen molar-refractivity contribution in [2.75, 3.05) is 17.6 Å². The molecule has 2 aromatic carbocycles. The molecule has 14 heteroatoms. The number of carbonyl (C=O) groups excluding carboxylic acids is 3. The van der Waals surface area contributed by atoms with Crippen molar-refractivity contribution in [2.24, 2.45) is 5.73 Å². The molecule has 4 atom stereocenters. The Labute approximate surface area is 233 Å². The molecule has 14 nitrogen and oxygen atoms in total. The number of nitrogen functional groups attached to an aromatic ring is 1. The van der Waals surface area contributed by atoms with Crippen molar-refractivity contribution in [1.82, 2.24) is 24.8 Å². The first kappa shape index (κ1) is 27.6. The highest BCUT2D eigenvalue weighted by molar-refractivity contribution is 6.00. The molecule has 1 aliphatic heterocycles. The summed E-state index contributed by atoms with van der Waals surface area (Å²) in [6.45, 7) is -0.0970. The minimum atomic E-state index is -1.32. The van der Waals surface area contributed by atoms with E-state index in [1.807, 2.05) is 0 Å².